The first-order chi connectivity index (χ1) is 15.4. The molecule has 4 aromatic rings. The minimum absolute atomic E-state index is 0.390. The summed E-state index contributed by atoms with van der Waals surface area (Å²) in [7, 11) is 1.63. The SMILES string of the molecule is COc1ccc(-c2cc(=O)oc3c(C)c4c(cc23)CN(c2ccc(C)c(Cl)c2)CO4)cc1. The fourth-order valence-corrected chi connectivity index (χ4v) is 4.35. The predicted octanol–water partition coefficient (Wildman–Crippen LogP) is 6.10. The summed E-state index contributed by atoms with van der Waals surface area (Å²) < 4.78 is 17.0. The molecule has 2 heterocycles. The highest BCUT2D eigenvalue weighted by molar-refractivity contribution is 6.31. The molecule has 1 aromatic heterocycles. The summed E-state index contributed by atoms with van der Waals surface area (Å²) >= 11 is 6.34. The molecule has 0 amide bonds. The Morgan fingerprint density at radius 3 is 2.53 bits per heavy atom. The lowest BCUT2D eigenvalue weighted by Gasteiger charge is -2.32. The molecule has 0 aliphatic carbocycles. The summed E-state index contributed by atoms with van der Waals surface area (Å²) in [6.07, 6.45) is 0. The smallest absolute Gasteiger partial charge is 0.336 e. The number of hydrogen-bond donors (Lipinski definition) is 0. The highest BCUT2D eigenvalue weighted by atomic mass is 35.5. The van der Waals surface area contributed by atoms with Crippen LogP contribution in [-0.4, -0.2) is 13.8 Å². The molecule has 0 bridgehead atoms. The van der Waals surface area contributed by atoms with Crippen molar-refractivity contribution in [1.82, 2.24) is 0 Å². The van der Waals surface area contributed by atoms with Gasteiger partial charge in [-0.25, -0.2) is 4.79 Å². The number of rotatable bonds is 3. The molecule has 0 fully saturated rings. The second-order valence-electron chi connectivity index (χ2n) is 7.98. The summed E-state index contributed by atoms with van der Waals surface area (Å²) in [5.74, 6) is 1.53. The van der Waals surface area contributed by atoms with E-state index in [1.54, 1.807) is 7.11 Å². The number of fused-ring (bicyclic) bond motifs is 2. The molecule has 0 unspecified atom stereocenters. The molecule has 6 heteroatoms. The van der Waals surface area contributed by atoms with E-state index in [2.05, 4.69) is 11.0 Å². The van der Waals surface area contributed by atoms with Crippen LogP contribution < -0.4 is 20.0 Å². The first-order valence-electron chi connectivity index (χ1n) is 10.3. The number of hydrogen-bond acceptors (Lipinski definition) is 5. The summed E-state index contributed by atoms with van der Waals surface area (Å²) in [5.41, 5.74) is 5.79. The first kappa shape index (κ1) is 20.5. The second kappa shape index (κ2) is 7.92. The Morgan fingerprint density at radius 2 is 1.81 bits per heavy atom. The van der Waals surface area contributed by atoms with Gasteiger partial charge in [0.05, 0.1) is 7.11 Å². The van der Waals surface area contributed by atoms with Crippen molar-refractivity contribution in [3.05, 3.63) is 86.7 Å². The van der Waals surface area contributed by atoms with Gasteiger partial charge in [0.15, 0.2) is 6.73 Å². The van der Waals surface area contributed by atoms with E-state index in [-0.39, 0.29) is 0 Å². The maximum Gasteiger partial charge on any atom is 0.336 e. The summed E-state index contributed by atoms with van der Waals surface area (Å²) in [6.45, 7) is 4.96. The maximum atomic E-state index is 12.4. The quantitative estimate of drug-likeness (QED) is 0.355. The van der Waals surface area contributed by atoms with Crippen molar-refractivity contribution in [2.45, 2.75) is 20.4 Å². The Bertz CT molecular complexity index is 1390. The largest absolute Gasteiger partial charge is 0.497 e. The van der Waals surface area contributed by atoms with Gasteiger partial charge in [-0.15, -0.1) is 0 Å². The van der Waals surface area contributed by atoms with Crippen molar-refractivity contribution in [2.75, 3.05) is 18.7 Å². The molecule has 32 heavy (non-hydrogen) atoms. The van der Waals surface area contributed by atoms with Crippen LogP contribution in [0.3, 0.4) is 0 Å². The van der Waals surface area contributed by atoms with Crippen LogP contribution in [0.1, 0.15) is 16.7 Å². The van der Waals surface area contributed by atoms with E-state index >= 15 is 0 Å². The topological polar surface area (TPSA) is 51.9 Å². The third kappa shape index (κ3) is 3.49. The van der Waals surface area contributed by atoms with Crippen LogP contribution in [-0.2, 0) is 6.54 Å². The van der Waals surface area contributed by atoms with Gasteiger partial charge in [0.2, 0.25) is 0 Å². The second-order valence-corrected chi connectivity index (χ2v) is 8.39. The number of aryl methyl sites for hydroxylation is 2. The molecule has 0 atom stereocenters. The lowest BCUT2D eigenvalue weighted by atomic mass is 9.96. The molecule has 1 aliphatic rings. The predicted molar refractivity (Wildman–Crippen MR) is 127 cm³/mol. The zero-order valence-electron chi connectivity index (χ0n) is 18.1. The van der Waals surface area contributed by atoms with Crippen LogP contribution in [0.4, 0.5) is 5.69 Å². The molecule has 0 spiro atoms. The van der Waals surface area contributed by atoms with Gasteiger partial charge in [-0.1, -0.05) is 29.8 Å². The van der Waals surface area contributed by atoms with Gasteiger partial charge >= 0.3 is 5.63 Å². The van der Waals surface area contributed by atoms with E-state index in [9.17, 15) is 4.79 Å². The van der Waals surface area contributed by atoms with Crippen molar-refractivity contribution in [2.24, 2.45) is 0 Å². The Balaban J connectivity index is 1.63. The number of methoxy groups -OCH3 is 1. The number of halogens is 1. The van der Waals surface area contributed by atoms with Crippen LogP contribution in [0.5, 0.6) is 11.5 Å². The lowest BCUT2D eigenvalue weighted by molar-refractivity contribution is 0.287. The Labute approximate surface area is 190 Å². The summed E-state index contributed by atoms with van der Waals surface area (Å²) in [6, 6.07) is 17.3. The highest BCUT2D eigenvalue weighted by Gasteiger charge is 2.24. The lowest BCUT2D eigenvalue weighted by Crippen LogP contribution is -2.32. The van der Waals surface area contributed by atoms with Gasteiger partial charge in [-0.3, -0.25) is 0 Å². The average Bonchev–Trinajstić information content (AvgIpc) is 2.81. The fourth-order valence-electron chi connectivity index (χ4n) is 4.17. The third-order valence-corrected chi connectivity index (χ3v) is 6.35. The molecule has 0 saturated heterocycles. The number of ether oxygens (including phenoxy) is 2. The van der Waals surface area contributed by atoms with E-state index in [0.717, 1.165) is 55.4 Å². The van der Waals surface area contributed by atoms with Crippen molar-refractivity contribution in [3.63, 3.8) is 0 Å². The van der Waals surface area contributed by atoms with E-state index in [1.807, 2.05) is 56.3 Å². The fraction of sp³-hybridized carbons (Fsp3) is 0.192. The number of benzene rings is 3. The van der Waals surface area contributed by atoms with Gasteiger partial charge in [0.1, 0.15) is 17.1 Å². The van der Waals surface area contributed by atoms with Gasteiger partial charge < -0.3 is 18.8 Å². The highest BCUT2D eigenvalue weighted by Crippen LogP contribution is 2.39. The normalized spacial score (nSPS) is 13.1. The molecule has 0 radical (unpaired) electrons. The Kier molecular flexibility index (Phi) is 5.06. The number of nitrogens with zero attached hydrogens (tertiary/aromatic N) is 1. The Hall–Kier alpha value is -3.44. The molecule has 5 nitrogen and oxygen atoms in total. The average molecular weight is 448 g/mol. The molecule has 3 aromatic carbocycles. The molecule has 5 rings (SSSR count). The van der Waals surface area contributed by atoms with Crippen LogP contribution in [0, 0.1) is 13.8 Å². The van der Waals surface area contributed by atoms with E-state index in [1.165, 1.54) is 6.07 Å². The standard InChI is InChI=1S/C26H22ClNO4/c1-15-4-7-19(11-23(15)27)28-13-18-10-22-21(17-5-8-20(30-3)9-6-17)12-24(29)32-26(22)16(2)25(18)31-14-28/h4-12H,13-14H2,1-3H3. The monoisotopic (exact) mass is 447 g/mol. The molecule has 0 N–H and O–H groups in total. The van der Waals surface area contributed by atoms with Crippen molar-refractivity contribution >= 4 is 28.3 Å². The zero-order valence-corrected chi connectivity index (χ0v) is 18.8. The third-order valence-electron chi connectivity index (χ3n) is 5.94. The number of anilines is 1. The van der Waals surface area contributed by atoms with Crippen molar-refractivity contribution in [1.29, 1.82) is 0 Å². The Morgan fingerprint density at radius 1 is 1.03 bits per heavy atom. The zero-order chi connectivity index (χ0) is 22.4. The molecular weight excluding hydrogens is 426 g/mol. The van der Waals surface area contributed by atoms with Gasteiger partial charge in [-0.2, -0.15) is 0 Å². The van der Waals surface area contributed by atoms with Gasteiger partial charge in [-0.05, 0) is 60.9 Å². The minimum Gasteiger partial charge on any atom is -0.497 e. The molecule has 1 aliphatic heterocycles. The van der Waals surface area contributed by atoms with Gasteiger partial charge in [0.25, 0.3) is 0 Å². The first-order valence-corrected chi connectivity index (χ1v) is 10.7. The summed E-state index contributed by atoms with van der Waals surface area (Å²) in [5, 5.41) is 1.60. The van der Waals surface area contributed by atoms with E-state index in [0.29, 0.717) is 18.9 Å². The van der Waals surface area contributed by atoms with Crippen LogP contribution >= 0.6 is 11.6 Å². The van der Waals surface area contributed by atoms with Gasteiger partial charge in [0, 0.05) is 39.8 Å². The van der Waals surface area contributed by atoms with Crippen molar-refractivity contribution < 1.29 is 13.9 Å². The maximum absolute atomic E-state index is 12.4. The van der Waals surface area contributed by atoms with Crippen molar-refractivity contribution in [3.8, 4) is 22.6 Å². The van der Waals surface area contributed by atoms with Crippen LogP contribution in [0.25, 0.3) is 22.1 Å². The minimum atomic E-state index is -0.391. The van der Waals surface area contributed by atoms with E-state index in [4.69, 9.17) is 25.5 Å². The molecule has 0 saturated carbocycles. The van der Waals surface area contributed by atoms with Crippen LogP contribution in [0.2, 0.25) is 5.02 Å². The van der Waals surface area contributed by atoms with E-state index < -0.39 is 5.63 Å². The van der Waals surface area contributed by atoms with Crippen LogP contribution in [0.15, 0.2) is 63.8 Å². The summed E-state index contributed by atoms with van der Waals surface area (Å²) in [4.78, 5) is 14.5. The molecule has 162 valence electrons. The molecular formula is C26H22ClNO4.